The van der Waals surface area contributed by atoms with Gasteiger partial charge in [0, 0.05) is 10.8 Å². The van der Waals surface area contributed by atoms with E-state index in [4.69, 9.17) is 11.5 Å². The van der Waals surface area contributed by atoms with Crippen molar-refractivity contribution in [2.45, 2.75) is 24.2 Å². The van der Waals surface area contributed by atoms with Gasteiger partial charge in [-0.1, -0.05) is 73.7 Å². The normalized spacial score (nSPS) is 21.9. The van der Waals surface area contributed by atoms with Crippen LogP contribution in [0.1, 0.15) is 41.2 Å². The highest BCUT2D eigenvalue weighted by Crippen LogP contribution is 2.60. The number of nitrogen functional groups attached to an aromatic ring is 2. The number of fused-ring (bicyclic) bond motifs is 1. The van der Waals surface area contributed by atoms with E-state index < -0.39 is 5.41 Å². The first kappa shape index (κ1) is 20.0. The molecule has 4 nitrogen and oxygen atoms in total. The van der Waals surface area contributed by atoms with E-state index in [1.165, 1.54) is 5.56 Å². The molecule has 4 heteroatoms. The van der Waals surface area contributed by atoms with Gasteiger partial charge in [0.15, 0.2) is 0 Å². The molecule has 0 amide bonds. The van der Waals surface area contributed by atoms with Crippen LogP contribution in [0.15, 0.2) is 91.0 Å². The molecule has 0 radical (unpaired) electrons. The molecule has 160 valence electrons. The topological polar surface area (TPSA) is 92.5 Å². The average molecular weight is 423 g/mol. The maximum absolute atomic E-state index is 10.7. The Hall–Kier alpha value is -3.92. The third kappa shape index (κ3) is 2.76. The molecule has 0 saturated heterocycles. The average Bonchev–Trinajstić information content (AvgIpc) is 3.07. The van der Waals surface area contributed by atoms with Crippen molar-refractivity contribution < 1.29 is 10.2 Å². The molecule has 0 fully saturated rings. The summed E-state index contributed by atoms with van der Waals surface area (Å²) in [6.45, 7) is 2.23. The summed E-state index contributed by atoms with van der Waals surface area (Å²) < 4.78 is 0. The molecule has 1 aliphatic rings. The standard InChI is InChI=1S/C28H26N2O2/c1-27(18-8-4-2-5-9-18)17-28(19-10-6-3-7-11-19,20-12-13-25(31)23(29)14-20)22-16-26(32)24(30)15-21(22)27/h2-16,31-32H,17,29-30H2,1H3. The molecular formula is C28H26N2O2. The van der Waals surface area contributed by atoms with Gasteiger partial charge in [-0.2, -0.15) is 0 Å². The predicted octanol–water partition coefficient (Wildman–Crippen LogP) is 5.31. The van der Waals surface area contributed by atoms with E-state index in [0.717, 1.165) is 28.7 Å². The fourth-order valence-electron chi connectivity index (χ4n) is 5.42. The summed E-state index contributed by atoms with van der Waals surface area (Å²) >= 11 is 0. The summed E-state index contributed by atoms with van der Waals surface area (Å²) in [6.07, 6.45) is 0.719. The van der Waals surface area contributed by atoms with Gasteiger partial charge in [-0.05, 0) is 58.5 Å². The Kier molecular flexibility index (Phi) is 4.41. The van der Waals surface area contributed by atoms with Gasteiger partial charge in [-0.15, -0.1) is 0 Å². The molecular weight excluding hydrogens is 396 g/mol. The van der Waals surface area contributed by atoms with Crippen molar-refractivity contribution in [1.29, 1.82) is 0 Å². The Morgan fingerprint density at radius 1 is 0.625 bits per heavy atom. The highest BCUT2D eigenvalue weighted by molar-refractivity contribution is 5.70. The third-order valence-electron chi connectivity index (χ3n) is 7.04. The number of phenolic OH excluding ortho intramolecular Hbond substituents is 2. The van der Waals surface area contributed by atoms with Crippen LogP contribution in [0, 0.1) is 0 Å². The van der Waals surface area contributed by atoms with E-state index in [1.54, 1.807) is 12.1 Å². The molecule has 1 aliphatic carbocycles. The highest BCUT2D eigenvalue weighted by Gasteiger charge is 2.53. The molecule has 0 aliphatic heterocycles. The minimum Gasteiger partial charge on any atom is -0.506 e. The summed E-state index contributed by atoms with van der Waals surface area (Å²) in [5.41, 5.74) is 17.4. The predicted molar refractivity (Wildman–Crippen MR) is 129 cm³/mol. The van der Waals surface area contributed by atoms with Crippen LogP contribution in [0.25, 0.3) is 0 Å². The van der Waals surface area contributed by atoms with Crippen LogP contribution >= 0.6 is 0 Å². The van der Waals surface area contributed by atoms with Crippen LogP contribution in [0.3, 0.4) is 0 Å². The number of anilines is 2. The van der Waals surface area contributed by atoms with Crippen LogP contribution in [0.2, 0.25) is 0 Å². The first-order valence-electron chi connectivity index (χ1n) is 10.7. The zero-order chi connectivity index (χ0) is 22.5. The van der Waals surface area contributed by atoms with Crippen molar-refractivity contribution in [1.82, 2.24) is 0 Å². The van der Waals surface area contributed by atoms with Gasteiger partial charge in [0.05, 0.1) is 11.4 Å². The fourth-order valence-corrected chi connectivity index (χ4v) is 5.42. The molecule has 5 rings (SSSR count). The summed E-state index contributed by atoms with van der Waals surface area (Å²) in [5.74, 6) is 0.120. The van der Waals surface area contributed by atoms with Gasteiger partial charge in [-0.3, -0.25) is 0 Å². The molecule has 0 saturated carbocycles. The van der Waals surface area contributed by atoms with Crippen molar-refractivity contribution in [2.75, 3.05) is 11.5 Å². The Bertz CT molecular complexity index is 1300. The number of nitrogens with two attached hydrogens (primary N) is 2. The van der Waals surface area contributed by atoms with E-state index in [1.807, 2.05) is 54.6 Å². The summed E-state index contributed by atoms with van der Waals surface area (Å²) in [7, 11) is 0. The van der Waals surface area contributed by atoms with Crippen molar-refractivity contribution in [3.8, 4) is 11.5 Å². The van der Waals surface area contributed by atoms with Crippen molar-refractivity contribution >= 4 is 11.4 Å². The number of benzene rings is 4. The SMILES string of the molecule is CC1(c2ccccc2)CC(c2ccccc2)(c2ccc(O)c(N)c2)c2cc(O)c(N)cc21. The molecule has 32 heavy (non-hydrogen) atoms. The third-order valence-corrected chi connectivity index (χ3v) is 7.04. The lowest BCUT2D eigenvalue weighted by Gasteiger charge is -2.35. The van der Waals surface area contributed by atoms with Crippen molar-refractivity contribution in [3.63, 3.8) is 0 Å². The number of phenols is 2. The van der Waals surface area contributed by atoms with Crippen molar-refractivity contribution in [2.24, 2.45) is 0 Å². The maximum atomic E-state index is 10.7. The molecule has 0 spiro atoms. The van der Waals surface area contributed by atoms with E-state index in [-0.39, 0.29) is 16.9 Å². The Morgan fingerprint density at radius 2 is 1.22 bits per heavy atom. The fraction of sp³-hybridized carbons (Fsp3) is 0.143. The van der Waals surface area contributed by atoms with Crippen LogP contribution in [-0.4, -0.2) is 10.2 Å². The molecule has 2 atom stereocenters. The van der Waals surface area contributed by atoms with Gasteiger partial charge in [0.2, 0.25) is 0 Å². The lowest BCUT2D eigenvalue weighted by molar-refractivity contribution is 0.464. The smallest absolute Gasteiger partial charge is 0.138 e. The second kappa shape index (κ2) is 7.06. The minimum absolute atomic E-state index is 0.0566. The zero-order valence-electron chi connectivity index (χ0n) is 17.9. The monoisotopic (exact) mass is 422 g/mol. The number of hydrogen-bond acceptors (Lipinski definition) is 4. The van der Waals surface area contributed by atoms with Gasteiger partial charge < -0.3 is 21.7 Å². The Balaban J connectivity index is 1.90. The Labute approximate surface area is 187 Å². The lowest BCUT2D eigenvalue weighted by atomic mass is 9.67. The number of hydrogen-bond donors (Lipinski definition) is 4. The first-order valence-corrected chi connectivity index (χ1v) is 10.7. The van der Waals surface area contributed by atoms with E-state index in [0.29, 0.717) is 11.4 Å². The number of rotatable bonds is 3. The molecule has 4 aromatic carbocycles. The largest absolute Gasteiger partial charge is 0.506 e. The molecule has 0 aromatic heterocycles. The first-order chi connectivity index (χ1) is 15.4. The van der Waals surface area contributed by atoms with Gasteiger partial charge in [0.1, 0.15) is 11.5 Å². The number of aromatic hydroxyl groups is 2. The molecule has 0 bridgehead atoms. The van der Waals surface area contributed by atoms with E-state index in [2.05, 4.69) is 31.2 Å². The molecule has 2 unspecified atom stereocenters. The van der Waals surface area contributed by atoms with Gasteiger partial charge in [-0.25, -0.2) is 0 Å². The van der Waals surface area contributed by atoms with Crippen LogP contribution < -0.4 is 11.5 Å². The minimum atomic E-state index is -0.589. The Morgan fingerprint density at radius 3 is 1.84 bits per heavy atom. The van der Waals surface area contributed by atoms with Gasteiger partial charge in [0.25, 0.3) is 0 Å². The summed E-state index contributed by atoms with van der Waals surface area (Å²) in [5, 5.41) is 20.8. The van der Waals surface area contributed by atoms with Crippen LogP contribution in [0.4, 0.5) is 11.4 Å². The lowest BCUT2D eigenvalue weighted by Crippen LogP contribution is -2.30. The van der Waals surface area contributed by atoms with E-state index >= 15 is 0 Å². The molecule has 0 heterocycles. The summed E-state index contributed by atoms with van der Waals surface area (Å²) in [4.78, 5) is 0. The summed E-state index contributed by atoms with van der Waals surface area (Å²) in [6, 6.07) is 29.8. The second-order valence-corrected chi connectivity index (χ2v) is 8.88. The quantitative estimate of drug-likeness (QED) is 0.266. The highest BCUT2D eigenvalue weighted by atomic mass is 16.3. The zero-order valence-corrected chi connectivity index (χ0v) is 17.9. The van der Waals surface area contributed by atoms with Crippen molar-refractivity contribution in [3.05, 3.63) is 119 Å². The van der Waals surface area contributed by atoms with Crippen LogP contribution in [-0.2, 0) is 10.8 Å². The molecule has 4 aromatic rings. The molecule has 6 N–H and O–H groups in total. The maximum Gasteiger partial charge on any atom is 0.138 e. The van der Waals surface area contributed by atoms with Crippen LogP contribution in [0.5, 0.6) is 11.5 Å². The van der Waals surface area contributed by atoms with Gasteiger partial charge >= 0.3 is 0 Å². The van der Waals surface area contributed by atoms with E-state index in [9.17, 15) is 10.2 Å². The second-order valence-electron chi connectivity index (χ2n) is 8.88.